The summed E-state index contributed by atoms with van der Waals surface area (Å²) in [5, 5.41) is 10.1. The first kappa shape index (κ1) is 13.4. The summed E-state index contributed by atoms with van der Waals surface area (Å²) in [5.41, 5.74) is -0.820. The molecule has 0 aromatic rings. The highest BCUT2D eigenvalue weighted by molar-refractivity contribution is 5.86. The second-order valence-electron chi connectivity index (χ2n) is 3.87. The van der Waals surface area contributed by atoms with E-state index in [2.05, 4.69) is 5.92 Å². The summed E-state index contributed by atoms with van der Waals surface area (Å²) in [5.74, 6) is 0.930. The Morgan fingerprint density at radius 1 is 1.35 bits per heavy atom. The minimum Gasteiger partial charge on any atom is -0.472 e. The zero-order valence-corrected chi connectivity index (χ0v) is 8.73. The summed E-state index contributed by atoms with van der Waals surface area (Å²) >= 11 is 0. The van der Waals surface area contributed by atoms with Crippen LogP contribution in [0.4, 0.5) is 13.2 Å². The number of hydrogen-bond donors (Lipinski definition) is 2. The monoisotopic (exact) mass is 249 g/mol. The van der Waals surface area contributed by atoms with E-state index >= 15 is 0 Å². The maximum absolute atomic E-state index is 11.9. The molecule has 1 amide bonds. The first-order valence-electron chi connectivity index (χ1n) is 4.86. The smallest absolute Gasteiger partial charge is 0.471 e. The van der Waals surface area contributed by atoms with Crippen LogP contribution in [0.15, 0.2) is 0 Å². The van der Waals surface area contributed by atoms with Crippen molar-refractivity contribution in [2.75, 3.05) is 6.54 Å². The van der Waals surface area contributed by atoms with Crippen LogP contribution < -0.4 is 5.32 Å². The van der Waals surface area contributed by atoms with Gasteiger partial charge >= 0.3 is 18.1 Å². The predicted molar refractivity (Wildman–Crippen MR) is 50.8 cm³/mol. The molecule has 0 saturated heterocycles. The van der Waals surface area contributed by atoms with Gasteiger partial charge in [0.1, 0.15) is 0 Å². The van der Waals surface area contributed by atoms with Crippen molar-refractivity contribution in [3.05, 3.63) is 0 Å². The van der Waals surface area contributed by atoms with E-state index in [-0.39, 0.29) is 6.54 Å². The summed E-state index contributed by atoms with van der Waals surface area (Å²) in [6, 6.07) is 0. The second kappa shape index (κ2) is 4.65. The quantitative estimate of drug-likeness (QED) is 0.715. The molecule has 0 bridgehead atoms. The Kier molecular flexibility index (Phi) is 3.66. The van der Waals surface area contributed by atoms with Crippen LogP contribution in [0.5, 0.6) is 0 Å². The fourth-order valence-corrected chi connectivity index (χ4v) is 1.49. The number of carbonyl (C=O) groups is 2. The molecule has 0 aromatic carbocycles. The van der Waals surface area contributed by atoms with Gasteiger partial charge in [0.2, 0.25) is 0 Å². The number of carbonyl (C=O) groups excluding carboxylic acids is 1. The minimum atomic E-state index is -4.93. The van der Waals surface area contributed by atoms with Gasteiger partial charge in [0.25, 0.3) is 0 Å². The lowest BCUT2D eigenvalue weighted by molar-refractivity contribution is -0.174. The third-order valence-electron chi connectivity index (χ3n) is 2.59. The largest absolute Gasteiger partial charge is 0.472 e. The molecule has 1 fully saturated rings. The van der Waals surface area contributed by atoms with Crippen molar-refractivity contribution in [2.24, 2.45) is 5.41 Å². The van der Waals surface area contributed by atoms with Gasteiger partial charge in [0.05, 0.1) is 0 Å². The van der Waals surface area contributed by atoms with Crippen LogP contribution in [0.1, 0.15) is 19.3 Å². The van der Waals surface area contributed by atoms with E-state index < -0.39 is 23.5 Å². The Labute approximate surface area is 95.2 Å². The Morgan fingerprint density at radius 2 is 1.94 bits per heavy atom. The molecular formula is C10H10F3NO3. The molecule has 1 saturated carbocycles. The van der Waals surface area contributed by atoms with Crippen molar-refractivity contribution in [1.82, 2.24) is 5.32 Å². The van der Waals surface area contributed by atoms with Crippen LogP contribution in [0, 0.1) is 17.3 Å². The molecule has 4 nitrogen and oxygen atoms in total. The first-order valence-corrected chi connectivity index (χ1v) is 4.86. The Morgan fingerprint density at radius 3 is 2.29 bits per heavy atom. The number of rotatable bonds is 2. The number of amides is 1. The molecular weight excluding hydrogens is 239 g/mol. The summed E-state index contributed by atoms with van der Waals surface area (Å²) < 4.78 is 35.8. The third-order valence-corrected chi connectivity index (χ3v) is 2.59. The van der Waals surface area contributed by atoms with E-state index in [1.165, 1.54) is 0 Å². The van der Waals surface area contributed by atoms with Gasteiger partial charge in [-0.1, -0.05) is 12.3 Å². The third kappa shape index (κ3) is 3.66. The number of nitrogens with one attached hydrogen (secondary N) is 1. The Hall–Kier alpha value is -1.71. The number of alkyl halides is 3. The van der Waals surface area contributed by atoms with Crippen molar-refractivity contribution >= 4 is 11.9 Å². The molecule has 0 aromatic heterocycles. The van der Waals surface area contributed by atoms with E-state index in [0.29, 0.717) is 12.8 Å². The number of carboxylic acids is 1. The summed E-state index contributed by atoms with van der Waals surface area (Å²) in [7, 11) is 0. The maximum Gasteiger partial charge on any atom is 0.471 e. The molecule has 0 unspecified atom stereocenters. The number of aliphatic carboxylic acids is 1. The van der Waals surface area contributed by atoms with Gasteiger partial charge in [-0.05, 0) is 12.8 Å². The first-order chi connectivity index (χ1) is 7.75. The lowest BCUT2D eigenvalue weighted by atomic mass is 9.69. The molecule has 94 valence electrons. The van der Waals surface area contributed by atoms with Gasteiger partial charge < -0.3 is 10.4 Å². The average Bonchev–Trinajstić information content (AvgIpc) is 2.13. The molecule has 1 aliphatic carbocycles. The van der Waals surface area contributed by atoms with E-state index in [0.717, 1.165) is 6.42 Å². The average molecular weight is 249 g/mol. The molecule has 0 heterocycles. The summed E-state index contributed by atoms with van der Waals surface area (Å²) in [6.07, 6.45) is -3.18. The van der Waals surface area contributed by atoms with Crippen LogP contribution >= 0.6 is 0 Å². The standard InChI is InChI=1S/C10H10F3NO3/c11-10(12,13)8(17)14-6-9(3-1-4-9)5-2-7(15)16/h1,3-4,6H2,(H,14,17)(H,15,16). The highest BCUT2D eigenvalue weighted by Crippen LogP contribution is 2.39. The van der Waals surface area contributed by atoms with Gasteiger partial charge in [-0.15, -0.1) is 0 Å². The lowest BCUT2D eigenvalue weighted by Crippen LogP contribution is -2.45. The fourth-order valence-electron chi connectivity index (χ4n) is 1.49. The van der Waals surface area contributed by atoms with E-state index in [1.807, 2.05) is 5.92 Å². The predicted octanol–water partition coefficient (Wildman–Crippen LogP) is 0.923. The highest BCUT2D eigenvalue weighted by Gasteiger charge is 2.42. The topological polar surface area (TPSA) is 66.4 Å². The number of carboxylic acid groups (broad SMARTS) is 1. The number of hydrogen-bond acceptors (Lipinski definition) is 2. The van der Waals surface area contributed by atoms with Crippen molar-refractivity contribution in [2.45, 2.75) is 25.4 Å². The van der Waals surface area contributed by atoms with E-state index in [1.54, 1.807) is 5.32 Å². The highest BCUT2D eigenvalue weighted by atomic mass is 19.4. The van der Waals surface area contributed by atoms with Gasteiger partial charge in [0, 0.05) is 17.9 Å². The van der Waals surface area contributed by atoms with Gasteiger partial charge in [-0.2, -0.15) is 13.2 Å². The molecule has 7 heteroatoms. The summed E-state index contributed by atoms with van der Waals surface area (Å²) in [4.78, 5) is 20.8. The van der Waals surface area contributed by atoms with Crippen LogP contribution in [-0.4, -0.2) is 29.7 Å². The molecule has 0 atom stereocenters. The molecule has 0 radical (unpaired) electrons. The van der Waals surface area contributed by atoms with Crippen LogP contribution in [-0.2, 0) is 9.59 Å². The number of halogens is 3. The molecule has 1 rings (SSSR count). The SMILES string of the molecule is O=C(O)C#CC1(CNC(=O)C(F)(F)F)CCC1. The van der Waals surface area contributed by atoms with Crippen molar-refractivity contribution in [1.29, 1.82) is 0 Å². The van der Waals surface area contributed by atoms with Crippen LogP contribution in [0.25, 0.3) is 0 Å². The molecule has 2 N–H and O–H groups in total. The summed E-state index contributed by atoms with van der Waals surface area (Å²) in [6.45, 7) is -0.272. The van der Waals surface area contributed by atoms with E-state index in [4.69, 9.17) is 5.11 Å². The maximum atomic E-state index is 11.9. The van der Waals surface area contributed by atoms with Crippen LogP contribution in [0.2, 0.25) is 0 Å². The molecule has 0 spiro atoms. The zero-order valence-electron chi connectivity index (χ0n) is 8.73. The lowest BCUT2D eigenvalue weighted by Gasteiger charge is -2.37. The van der Waals surface area contributed by atoms with Gasteiger partial charge in [-0.25, -0.2) is 4.79 Å². The van der Waals surface area contributed by atoms with Crippen molar-refractivity contribution in [3.8, 4) is 11.8 Å². The van der Waals surface area contributed by atoms with Gasteiger partial charge in [-0.3, -0.25) is 4.79 Å². The Bertz CT molecular complexity index is 388. The van der Waals surface area contributed by atoms with Crippen LogP contribution in [0.3, 0.4) is 0 Å². The van der Waals surface area contributed by atoms with Crippen molar-refractivity contribution in [3.63, 3.8) is 0 Å². The van der Waals surface area contributed by atoms with Crippen molar-refractivity contribution < 1.29 is 27.9 Å². The molecule has 1 aliphatic rings. The fraction of sp³-hybridized carbons (Fsp3) is 0.600. The zero-order chi connectivity index (χ0) is 13.1. The minimum absolute atomic E-state index is 0.272. The molecule has 17 heavy (non-hydrogen) atoms. The molecule has 0 aliphatic heterocycles. The van der Waals surface area contributed by atoms with E-state index in [9.17, 15) is 22.8 Å². The normalized spacial score (nSPS) is 17.4. The Balaban J connectivity index is 2.58. The van der Waals surface area contributed by atoms with Gasteiger partial charge in [0.15, 0.2) is 0 Å². The second-order valence-corrected chi connectivity index (χ2v) is 3.87.